The lowest BCUT2D eigenvalue weighted by molar-refractivity contribution is 0.150. The summed E-state index contributed by atoms with van der Waals surface area (Å²) in [5.41, 5.74) is 2.13. The summed E-state index contributed by atoms with van der Waals surface area (Å²) in [6.07, 6.45) is 9.86. The molecule has 0 aromatic heterocycles. The van der Waals surface area contributed by atoms with Gasteiger partial charge < -0.3 is 0 Å². The highest BCUT2D eigenvalue weighted by Crippen LogP contribution is 2.40. The van der Waals surface area contributed by atoms with Gasteiger partial charge >= 0.3 is 0 Å². The summed E-state index contributed by atoms with van der Waals surface area (Å²) in [5.74, 6) is 0.128. The number of anilines is 1. The van der Waals surface area contributed by atoms with Crippen LogP contribution in [0.25, 0.3) is 0 Å². The topological polar surface area (TPSA) is 43.9 Å². The molecule has 5 nitrogen and oxygen atoms in total. The molecule has 0 aliphatic carbocycles. The van der Waals surface area contributed by atoms with E-state index in [0.29, 0.717) is 6.04 Å². The van der Waals surface area contributed by atoms with Gasteiger partial charge in [-0.05, 0) is 69.7 Å². The van der Waals surface area contributed by atoms with E-state index in [1.165, 1.54) is 50.6 Å². The Hall–Kier alpha value is -1.11. The molecule has 0 unspecified atom stereocenters. The second-order valence-corrected chi connectivity index (χ2v) is 10.3. The molecule has 6 heteroatoms. The van der Waals surface area contributed by atoms with Crippen molar-refractivity contribution >= 4 is 15.7 Å². The molecule has 0 spiro atoms. The minimum absolute atomic E-state index is 0.128. The van der Waals surface area contributed by atoms with Crippen molar-refractivity contribution < 1.29 is 8.42 Å². The Kier molecular flexibility index (Phi) is 5.76. The zero-order valence-electron chi connectivity index (χ0n) is 16.5. The first-order valence-corrected chi connectivity index (χ1v) is 12.3. The Morgan fingerprint density at radius 3 is 2.33 bits per heavy atom. The van der Waals surface area contributed by atoms with Crippen LogP contribution in [0.4, 0.5) is 5.69 Å². The van der Waals surface area contributed by atoms with Gasteiger partial charge in [0.15, 0.2) is 0 Å². The molecule has 3 heterocycles. The molecular formula is C21H33N3O2S. The molecule has 3 saturated heterocycles. The largest absolute Gasteiger partial charge is 0.293 e. The van der Waals surface area contributed by atoms with E-state index < -0.39 is 10.0 Å². The van der Waals surface area contributed by atoms with Crippen LogP contribution >= 0.6 is 0 Å². The lowest BCUT2D eigenvalue weighted by Crippen LogP contribution is -2.49. The predicted octanol–water partition coefficient (Wildman–Crippen LogP) is 3.93. The molecule has 150 valence electrons. The van der Waals surface area contributed by atoms with Gasteiger partial charge in [-0.15, -0.1) is 0 Å². The molecule has 4 rings (SSSR count). The van der Waals surface area contributed by atoms with Crippen LogP contribution in [-0.4, -0.2) is 49.8 Å². The van der Waals surface area contributed by atoms with E-state index in [4.69, 9.17) is 0 Å². The van der Waals surface area contributed by atoms with E-state index in [1.54, 1.807) is 11.3 Å². The number of hydrazine groups is 1. The average Bonchev–Trinajstić information content (AvgIpc) is 3.13. The van der Waals surface area contributed by atoms with Gasteiger partial charge in [-0.3, -0.25) is 4.90 Å². The van der Waals surface area contributed by atoms with Crippen molar-refractivity contribution in [2.75, 3.05) is 29.8 Å². The monoisotopic (exact) mass is 391 g/mol. The fourth-order valence-electron chi connectivity index (χ4n) is 5.12. The van der Waals surface area contributed by atoms with Gasteiger partial charge in [-0.1, -0.05) is 25.0 Å². The van der Waals surface area contributed by atoms with Gasteiger partial charge in [0.05, 0.1) is 11.4 Å². The Morgan fingerprint density at radius 2 is 1.63 bits per heavy atom. The van der Waals surface area contributed by atoms with E-state index in [-0.39, 0.29) is 5.75 Å². The molecule has 0 N–H and O–H groups in total. The number of benzene rings is 1. The summed E-state index contributed by atoms with van der Waals surface area (Å²) in [7, 11) is -3.32. The summed E-state index contributed by atoms with van der Waals surface area (Å²) >= 11 is 0. The van der Waals surface area contributed by atoms with Crippen LogP contribution in [0.1, 0.15) is 69.9 Å². The molecule has 1 aromatic carbocycles. The summed E-state index contributed by atoms with van der Waals surface area (Å²) in [6.45, 7) is 4.58. The first-order chi connectivity index (χ1) is 13.1. The predicted molar refractivity (Wildman–Crippen MR) is 110 cm³/mol. The van der Waals surface area contributed by atoms with Crippen LogP contribution in [0.5, 0.6) is 0 Å². The normalized spacial score (nSPS) is 27.4. The van der Waals surface area contributed by atoms with Crippen molar-refractivity contribution in [3.63, 3.8) is 0 Å². The van der Waals surface area contributed by atoms with E-state index in [2.05, 4.69) is 17.0 Å². The molecule has 27 heavy (non-hydrogen) atoms. The van der Waals surface area contributed by atoms with Gasteiger partial charge in [-0.2, -0.15) is 0 Å². The zero-order valence-corrected chi connectivity index (χ0v) is 17.3. The van der Waals surface area contributed by atoms with Crippen molar-refractivity contribution in [2.45, 2.75) is 70.4 Å². The maximum Gasteiger partial charge on any atom is 0.248 e. The lowest BCUT2D eigenvalue weighted by Gasteiger charge is -2.38. The van der Waals surface area contributed by atoms with Crippen molar-refractivity contribution in [2.24, 2.45) is 0 Å². The van der Waals surface area contributed by atoms with Crippen LogP contribution in [0, 0.1) is 0 Å². The van der Waals surface area contributed by atoms with Crippen molar-refractivity contribution in [1.82, 2.24) is 9.91 Å². The minimum atomic E-state index is -3.32. The van der Waals surface area contributed by atoms with Gasteiger partial charge in [0, 0.05) is 25.2 Å². The van der Waals surface area contributed by atoms with Crippen LogP contribution in [-0.2, 0) is 10.0 Å². The van der Waals surface area contributed by atoms with Gasteiger partial charge in [0.2, 0.25) is 10.0 Å². The summed E-state index contributed by atoms with van der Waals surface area (Å²) < 4.78 is 27.2. The first kappa shape index (κ1) is 19.2. The standard InChI is InChI=1S/C21H33N3O2S/c1-2-27(25,26)24(22-15-5-3-6-16-22)20-11-9-18(10-12-20)21-14-13-19-8-4-7-17-23(19)21/h9-12,19,21H,2-8,13-17H2,1H3/t19-,21-/m1/s1. The van der Waals surface area contributed by atoms with Gasteiger partial charge in [-0.25, -0.2) is 17.8 Å². The van der Waals surface area contributed by atoms with Crippen molar-refractivity contribution in [1.29, 1.82) is 0 Å². The molecule has 3 fully saturated rings. The van der Waals surface area contributed by atoms with Crippen LogP contribution in [0.15, 0.2) is 24.3 Å². The molecule has 2 atom stereocenters. The fourth-order valence-corrected chi connectivity index (χ4v) is 6.33. The number of nitrogens with zero attached hydrogens (tertiary/aromatic N) is 3. The second kappa shape index (κ2) is 8.10. The quantitative estimate of drug-likeness (QED) is 0.763. The second-order valence-electron chi connectivity index (χ2n) is 8.23. The van der Waals surface area contributed by atoms with Gasteiger partial charge in [0.25, 0.3) is 0 Å². The molecule has 0 radical (unpaired) electrons. The number of hydrogen-bond acceptors (Lipinski definition) is 4. The third-order valence-corrected chi connectivity index (χ3v) is 8.26. The summed E-state index contributed by atoms with van der Waals surface area (Å²) in [6, 6.07) is 9.64. The van der Waals surface area contributed by atoms with Crippen molar-refractivity contribution in [3.8, 4) is 0 Å². The Morgan fingerprint density at radius 1 is 0.926 bits per heavy atom. The number of sulfonamides is 1. The molecule has 0 saturated carbocycles. The fraction of sp³-hybridized carbons (Fsp3) is 0.714. The van der Waals surface area contributed by atoms with E-state index >= 15 is 0 Å². The highest BCUT2D eigenvalue weighted by molar-refractivity contribution is 7.92. The summed E-state index contributed by atoms with van der Waals surface area (Å²) in [5, 5.41) is 2.02. The highest BCUT2D eigenvalue weighted by atomic mass is 32.2. The molecule has 3 aliphatic rings. The Balaban J connectivity index is 1.57. The third-order valence-electron chi connectivity index (χ3n) is 6.56. The summed E-state index contributed by atoms with van der Waals surface area (Å²) in [4.78, 5) is 2.68. The van der Waals surface area contributed by atoms with E-state index in [1.807, 2.05) is 17.1 Å². The molecular weight excluding hydrogens is 358 g/mol. The Labute approximate surface area is 164 Å². The van der Waals surface area contributed by atoms with Crippen LogP contribution in [0.2, 0.25) is 0 Å². The van der Waals surface area contributed by atoms with Gasteiger partial charge in [0.1, 0.15) is 0 Å². The average molecular weight is 392 g/mol. The number of hydrogen-bond donors (Lipinski definition) is 0. The van der Waals surface area contributed by atoms with Crippen molar-refractivity contribution in [3.05, 3.63) is 29.8 Å². The molecule has 0 amide bonds. The SMILES string of the molecule is CCS(=O)(=O)N(c1ccc([C@H]2CC[C@H]3CCCCN32)cc1)N1CCCCC1. The third kappa shape index (κ3) is 3.89. The van der Waals surface area contributed by atoms with E-state index in [0.717, 1.165) is 37.7 Å². The highest BCUT2D eigenvalue weighted by Gasteiger charge is 2.36. The number of rotatable bonds is 5. The smallest absolute Gasteiger partial charge is 0.248 e. The molecule has 1 aromatic rings. The zero-order chi connectivity index (χ0) is 18.9. The maximum absolute atomic E-state index is 12.8. The Bertz CT molecular complexity index is 728. The first-order valence-electron chi connectivity index (χ1n) is 10.7. The number of fused-ring (bicyclic) bond motifs is 1. The molecule has 3 aliphatic heterocycles. The minimum Gasteiger partial charge on any atom is -0.293 e. The lowest BCUT2D eigenvalue weighted by atomic mass is 10.0. The molecule has 0 bridgehead atoms. The maximum atomic E-state index is 12.8. The number of piperidine rings is 2. The van der Waals surface area contributed by atoms with Crippen LogP contribution in [0.3, 0.4) is 0 Å². The van der Waals surface area contributed by atoms with E-state index in [9.17, 15) is 8.42 Å². The van der Waals surface area contributed by atoms with Crippen LogP contribution < -0.4 is 4.41 Å².